The summed E-state index contributed by atoms with van der Waals surface area (Å²) in [6.45, 7) is 5.18. The van der Waals surface area contributed by atoms with Crippen molar-refractivity contribution in [3.8, 4) is 5.75 Å². The number of likely N-dealkylation sites (N-methyl/N-ethyl adjacent to an activating group) is 1. The quantitative estimate of drug-likeness (QED) is 0.696. The van der Waals surface area contributed by atoms with Crippen molar-refractivity contribution in [3.05, 3.63) is 28.8 Å². The zero-order valence-corrected chi connectivity index (χ0v) is 18.5. The van der Waals surface area contributed by atoms with Gasteiger partial charge in [0.1, 0.15) is 5.75 Å². The van der Waals surface area contributed by atoms with Gasteiger partial charge in [-0.25, -0.2) is 0 Å². The van der Waals surface area contributed by atoms with Crippen LogP contribution in [0.1, 0.15) is 37.7 Å². The Labute approximate surface area is 179 Å². The molecular weight excluding hydrogens is 390 g/mol. The van der Waals surface area contributed by atoms with Gasteiger partial charge in [0.15, 0.2) is 0 Å². The second-order valence-electron chi connectivity index (χ2n) is 8.29. The lowest BCUT2D eigenvalue weighted by molar-refractivity contribution is -0.123. The third-order valence-electron chi connectivity index (χ3n) is 6.18. The number of amides is 1. The van der Waals surface area contributed by atoms with Crippen molar-refractivity contribution >= 4 is 17.5 Å². The van der Waals surface area contributed by atoms with E-state index in [0.29, 0.717) is 18.1 Å². The van der Waals surface area contributed by atoms with Gasteiger partial charge >= 0.3 is 0 Å². The Balaban J connectivity index is 1.54. The van der Waals surface area contributed by atoms with Gasteiger partial charge < -0.3 is 14.8 Å². The Morgan fingerprint density at radius 2 is 2.00 bits per heavy atom. The first kappa shape index (κ1) is 22.3. The molecule has 29 heavy (non-hydrogen) atoms. The number of nitrogens with zero attached hydrogens (tertiary/aromatic N) is 2. The van der Waals surface area contributed by atoms with Crippen LogP contribution in [0.4, 0.5) is 0 Å². The van der Waals surface area contributed by atoms with Crippen LogP contribution in [0.3, 0.4) is 0 Å². The van der Waals surface area contributed by atoms with Crippen molar-refractivity contribution in [2.75, 3.05) is 53.6 Å². The zero-order chi connectivity index (χ0) is 20.7. The van der Waals surface area contributed by atoms with Crippen LogP contribution in [-0.2, 0) is 16.1 Å². The maximum Gasteiger partial charge on any atom is 0.234 e. The molecule has 1 aliphatic heterocycles. The Morgan fingerprint density at radius 3 is 2.69 bits per heavy atom. The third-order valence-corrected chi connectivity index (χ3v) is 6.41. The average molecular weight is 424 g/mol. The molecule has 1 N–H and O–H groups in total. The van der Waals surface area contributed by atoms with Gasteiger partial charge in [-0.1, -0.05) is 30.9 Å². The second-order valence-corrected chi connectivity index (χ2v) is 8.73. The van der Waals surface area contributed by atoms with E-state index in [2.05, 4.69) is 10.2 Å². The van der Waals surface area contributed by atoms with Crippen molar-refractivity contribution in [2.24, 2.45) is 0 Å². The molecule has 2 aliphatic rings. The highest BCUT2D eigenvalue weighted by Crippen LogP contribution is 2.34. The molecule has 0 bridgehead atoms. The van der Waals surface area contributed by atoms with Crippen LogP contribution in [0.15, 0.2) is 18.2 Å². The van der Waals surface area contributed by atoms with Crippen molar-refractivity contribution < 1.29 is 14.3 Å². The Morgan fingerprint density at radius 1 is 1.28 bits per heavy atom. The largest absolute Gasteiger partial charge is 0.496 e. The molecule has 0 spiro atoms. The van der Waals surface area contributed by atoms with E-state index in [1.54, 1.807) is 7.11 Å². The first-order valence-electron chi connectivity index (χ1n) is 10.6. The molecule has 0 atom stereocenters. The van der Waals surface area contributed by atoms with Gasteiger partial charge in [-0.05, 0) is 38.1 Å². The van der Waals surface area contributed by atoms with Crippen molar-refractivity contribution in [3.63, 3.8) is 0 Å². The SMILES string of the molecule is COc1ccc(Cl)cc1CN(C)CC(=O)NCC1(N2CCOCC2)CCCCC1. The molecule has 3 rings (SSSR count). The fraction of sp³-hybridized carbons (Fsp3) is 0.682. The van der Waals surface area contributed by atoms with E-state index < -0.39 is 0 Å². The summed E-state index contributed by atoms with van der Waals surface area (Å²) in [5.74, 6) is 0.849. The molecule has 1 aliphatic carbocycles. The average Bonchev–Trinajstić information content (AvgIpc) is 2.74. The second kappa shape index (κ2) is 10.6. The van der Waals surface area contributed by atoms with Crippen LogP contribution < -0.4 is 10.1 Å². The molecule has 1 saturated carbocycles. The Hall–Kier alpha value is -1.34. The van der Waals surface area contributed by atoms with Gasteiger partial charge in [0.2, 0.25) is 5.91 Å². The number of carbonyl (C=O) groups excluding carboxylic acids is 1. The molecule has 7 heteroatoms. The molecule has 1 heterocycles. The monoisotopic (exact) mass is 423 g/mol. The maximum atomic E-state index is 12.7. The van der Waals surface area contributed by atoms with Crippen LogP contribution in [-0.4, -0.2) is 74.8 Å². The van der Waals surface area contributed by atoms with E-state index in [9.17, 15) is 4.79 Å². The maximum absolute atomic E-state index is 12.7. The van der Waals surface area contributed by atoms with Crippen LogP contribution in [0.5, 0.6) is 5.75 Å². The Bertz CT molecular complexity index is 673. The molecule has 0 unspecified atom stereocenters. The number of rotatable bonds is 8. The molecule has 1 aromatic carbocycles. The standard InChI is InChI=1S/C22H34ClN3O3/c1-25(15-18-14-19(23)6-7-20(18)28-2)16-21(27)24-17-22(8-4-3-5-9-22)26-10-12-29-13-11-26/h6-7,14H,3-5,8-13,15-17H2,1-2H3,(H,24,27). The van der Waals surface area contributed by atoms with E-state index in [1.165, 1.54) is 19.3 Å². The summed E-state index contributed by atoms with van der Waals surface area (Å²) in [5, 5.41) is 3.90. The number of carbonyl (C=O) groups is 1. The number of hydrogen-bond donors (Lipinski definition) is 1. The minimum atomic E-state index is 0.0618. The number of halogens is 1. The summed E-state index contributed by atoms with van der Waals surface area (Å²) in [5.41, 5.74) is 1.07. The summed E-state index contributed by atoms with van der Waals surface area (Å²) >= 11 is 6.12. The van der Waals surface area contributed by atoms with Crippen LogP contribution in [0, 0.1) is 0 Å². The van der Waals surface area contributed by atoms with Crippen molar-refractivity contribution in [1.29, 1.82) is 0 Å². The number of ether oxygens (including phenoxy) is 2. The van der Waals surface area contributed by atoms with Crippen molar-refractivity contribution in [1.82, 2.24) is 15.1 Å². The normalized spacial score (nSPS) is 19.9. The van der Waals surface area contributed by atoms with Crippen LogP contribution >= 0.6 is 11.6 Å². The van der Waals surface area contributed by atoms with Gasteiger partial charge in [-0.3, -0.25) is 14.6 Å². The van der Waals surface area contributed by atoms with E-state index in [-0.39, 0.29) is 11.4 Å². The summed E-state index contributed by atoms with van der Waals surface area (Å²) in [6, 6.07) is 5.57. The van der Waals surface area contributed by atoms with Gasteiger partial charge in [0.25, 0.3) is 0 Å². The van der Waals surface area contributed by atoms with E-state index in [4.69, 9.17) is 21.1 Å². The van der Waals surface area contributed by atoms with Crippen LogP contribution in [0.2, 0.25) is 5.02 Å². The Kier molecular flexibility index (Phi) is 8.18. The lowest BCUT2D eigenvalue weighted by Crippen LogP contribution is -2.60. The molecule has 162 valence electrons. The molecule has 0 radical (unpaired) electrons. The highest BCUT2D eigenvalue weighted by Gasteiger charge is 2.38. The summed E-state index contributed by atoms with van der Waals surface area (Å²) in [4.78, 5) is 17.2. The molecule has 2 fully saturated rings. The molecule has 0 aromatic heterocycles. The fourth-order valence-corrected chi connectivity index (χ4v) is 4.83. The third kappa shape index (κ3) is 6.07. The van der Waals surface area contributed by atoms with E-state index >= 15 is 0 Å². The first-order valence-corrected chi connectivity index (χ1v) is 11.0. The summed E-state index contributed by atoms with van der Waals surface area (Å²) in [6.07, 6.45) is 6.08. The smallest absolute Gasteiger partial charge is 0.234 e. The number of methoxy groups -OCH3 is 1. The topological polar surface area (TPSA) is 54.0 Å². The van der Waals surface area contributed by atoms with Gasteiger partial charge in [0, 0.05) is 42.3 Å². The van der Waals surface area contributed by atoms with E-state index in [0.717, 1.165) is 57.0 Å². The predicted octanol–water partition coefficient (Wildman–Crippen LogP) is 2.93. The summed E-state index contributed by atoms with van der Waals surface area (Å²) in [7, 11) is 3.59. The molecule has 1 aromatic rings. The van der Waals surface area contributed by atoms with E-state index in [1.807, 2.05) is 30.1 Å². The molecule has 1 saturated heterocycles. The number of benzene rings is 1. The zero-order valence-electron chi connectivity index (χ0n) is 17.7. The molecule has 6 nitrogen and oxygen atoms in total. The number of morpholine rings is 1. The van der Waals surface area contributed by atoms with Crippen LogP contribution in [0.25, 0.3) is 0 Å². The minimum Gasteiger partial charge on any atom is -0.496 e. The molecule has 1 amide bonds. The number of hydrogen-bond acceptors (Lipinski definition) is 5. The summed E-state index contributed by atoms with van der Waals surface area (Å²) < 4.78 is 11.0. The lowest BCUT2D eigenvalue weighted by atomic mass is 9.79. The minimum absolute atomic E-state index is 0.0618. The lowest BCUT2D eigenvalue weighted by Gasteiger charge is -2.48. The highest BCUT2D eigenvalue weighted by molar-refractivity contribution is 6.30. The van der Waals surface area contributed by atoms with Crippen molar-refractivity contribution in [2.45, 2.75) is 44.2 Å². The highest BCUT2D eigenvalue weighted by atomic mass is 35.5. The van der Waals surface area contributed by atoms with Gasteiger partial charge in [0.05, 0.1) is 26.9 Å². The van der Waals surface area contributed by atoms with Gasteiger partial charge in [-0.2, -0.15) is 0 Å². The van der Waals surface area contributed by atoms with Gasteiger partial charge in [-0.15, -0.1) is 0 Å². The predicted molar refractivity (Wildman–Crippen MR) is 116 cm³/mol. The number of nitrogens with one attached hydrogen (secondary N) is 1. The molecular formula is C22H34ClN3O3. The first-order chi connectivity index (χ1) is 14.0. The fourth-order valence-electron chi connectivity index (χ4n) is 4.63.